The molecule has 10 heteroatoms. The van der Waals surface area contributed by atoms with Crippen molar-refractivity contribution in [1.29, 1.82) is 0 Å². The Morgan fingerprint density at radius 1 is 1.02 bits per heavy atom. The number of hydrogen-bond acceptors (Lipinski definition) is 10. The van der Waals surface area contributed by atoms with Gasteiger partial charge in [0.15, 0.2) is 6.29 Å². The molecule has 0 aromatic heterocycles. The van der Waals surface area contributed by atoms with Crippen LogP contribution >= 0.6 is 0 Å². The molecule has 4 rings (SSSR count). The summed E-state index contributed by atoms with van der Waals surface area (Å²) >= 11 is 0. The summed E-state index contributed by atoms with van der Waals surface area (Å²) < 4.78 is 34.4. The number of ether oxygens (including phenoxy) is 6. The molecule has 0 amide bonds. The van der Waals surface area contributed by atoms with Crippen LogP contribution in [-0.2, 0) is 47.6 Å². The molecule has 2 aliphatic heterocycles. The van der Waals surface area contributed by atoms with Crippen molar-refractivity contribution in [2.75, 3.05) is 6.61 Å². The first-order chi connectivity index (χ1) is 20.9. The second-order valence-corrected chi connectivity index (χ2v) is 12.8. The van der Waals surface area contributed by atoms with Gasteiger partial charge in [0.25, 0.3) is 0 Å². The lowest BCUT2D eigenvalue weighted by atomic mass is 9.65. The molecule has 0 bridgehead atoms. The van der Waals surface area contributed by atoms with Gasteiger partial charge in [-0.25, -0.2) is 0 Å². The molecule has 1 saturated heterocycles. The maximum atomic E-state index is 12.8. The van der Waals surface area contributed by atoms with Crippen LogP contribution < -0.4 is 0 Å². The molecular formula is C34H48O10. The van der Waals surface area contributed by atoms with Crippen LogP contribution in [0.3, 0.4) is 0 Å². The highest BCUT2D eigenvalue weighted by atomic mass is 16.7. The number of rotatable bonds is 11. The lowest BCUT2D eigenvalue weighted by molar-refractivity contribution is -0.220. The number of carbonyl (C=O) groups excluding carboxylic acids is 4. The quantitative estimate of drug-likeness (QED) is 0.178. The first kappa shape index (κ1) is 33.9. The Balaban J connectivity index is 1.39. The summed E-state index contributed by atoms with van der Waals surface area (Å²) in [6, 6.07) is 0. The Labute approximate surface area is 260 Å². The van der Waals surface area contributed by atoms with Gasteiger partial charge in [-0.1, -0.05) is 45.9 Å². The van der Waals surface area contributed by atoms with E-state index in [1.165, 1.54) is 19.4 Å². The van der Waals surface area contributed by atoms with Gasteiger partial charge < -0.3 is 28.4 Å². The van der Waals surface area contributed by atoms with Crippen LogP contribution in [0, 0.1) is 29.6 Å². The number of carbonyl (C=O) groups is 4. The summed E-state index contributed by atoms with van der Waals surface area (Å²) in [5, 5.41) is 0. The average Bonchev–Trinajstić information content (AvgIpc) is 2.95. The number of allylic oxidation sites excluding steroid dienone is 3. The van der Waals surface area contributed by atoms with Gasteiger partial charge in [0.2, 0.25) is 0 Å². The zero-order chi connectivity index (χ0) is 32.0. The second-order valence-electron chi connectivity index (χ2n) is 12.8. The van der Waals surface area contributed by atoms with Crippen LogP contribution in [0.2, 0.25) is 0 Å². The third kappa shape index (κ3) is 9.03. The van der Waals surface area contributed by atoms with Crippen molar-refractivity contribution in [1.82, 2.24) is 0 Å². The average molecular weight is 617 g/mol. The molecule has 0 aromatic carbocycles. The van der Waals surface area contributed by atoms with Crippen molar-refractivity contribution in [3.8, 4) is 0 Å². The van der Waals surface area contributed by atoms with Crippen LogP contribution in [-0.4, -0.2) is 67.3 Å². The molecular weight excluding hydrogens is 568 g/mol. The minimum absolute atomic E-state index is 0.0930. The fourth-order valence-corrected chi connectivity index (χ4v) is 6.68. The lowest BCUT2D eigenvalue weighted by Gasteiger charge is -2.43. The molecule has 0 radical (unpaired) electrons. The number of cyclic esters (lactones) is 1. The molecule has 2 heterocycles. The van der Waals surface area contributed by atoms with E-state index in [4.69, 9.17) is 28.4 Å². The van der Waals surface area contributed by atoms with Gasteiger partial charge in [0, 0.05) is 26.2 Å². The molecule has 2 aliphatic carbocycles. The minimum Gasteiger partial charge on any atom is -0.463 e. The Bertz CT molecular complexity index is 1140. The Hall–Kier alpha value is -2.98. The number of hydrogen-bond donors (Lipinski definition) is 0. The van der Waals surface area contributed by atoms with Crippen molar-refractivity contribution >= 4 is 23.9 Å². The largest absolute Gasteiger partial charge is 0.463 e. The van der Waals surface area contributed by atoms with E-state index in [0.29, 0.717) is 18.8 Å². The summed E-state index contributed by atoms with van der Waals surface area (Å²) in [6.07, 6.45) is 10.4. The maximum absolute atomic E-state index is 12.8. The van der Waals surface area contributed by atoms with Crippen LogP contribution in [0.5, 0.6) is 0 Å². The van der Waals surface area contributed by atoms with E-state index in [2.05, 4.69) is 32.1 Å². The first-order valence-electron chi connectivity index (χ1n) is 16.0. The second kappa shape index (κ2) is 15.3. The van der Waals surface area contributed by atoms with Gasteiger partial charge in [-0.05, 0) is 61.2 Å². The third-order valence-electron chi connectivity index (χ3n) is 9.13. The Kier molecular flexibility index (Phi) is 11.8. The Morgan fingerprint density at radius 3 is 2.50 bits per heavy atom. The normalized spacial score (nSPS) is 35.5. The van der Waals surface area contributed by atoms with E-state index in [9.17, 15) is 19.2 Å². The van der Waals surface area contributed by atoms with Gasteiger partial charge >= 0.3 is 23.9 Å². The van der Waals surface area contributed by atoms with Crippen LogP contribution in [0.1, 0.15) is 80.1 Å². The molecule has 44 heavy (non-hydrogen) atoms. The topological polar surface area (TPSA) is 124 Å². The highest BCUT2D eigenvalue weighted by molar-refractivity contribution is 5.72. The lowest BCUT2D eigenvalue weighted by Crippen LogP contribution is -2.44. The maximum Gasteiger partial charge on any atom is 0.308 e. The predicted octanol–water partition coefficient (Wildman–Crippen LogP) is 5.00. The molecule has 4 aliphatic rings. The van der Waals surface area contributed by atoms with Crippen molar-refractivity contribution < 1.29 is 47.6 Å². The van der Waals surface area contributed by atoms with Gasteiger partial charge in [-0.15, -0.1) is 0 Å². The molecule has 244 valence electrons. The van der Waals surface area contributed by atoms with Gasteiger partial charge in [0.1, 0.15) is 31.0 Å². The zero-order valence-electron chi connectivity index (χ0n) is 26.8. The van der Waals surface area contributed by atoms with Crippen molar-refractivity contribution in [3.63, 3.8) is 0 Å². The van der Waals surface area contributed by atoms with Crippen molar-refractivity contribution in [2.24, 2.45) is 29.6 Å². The van der Waals surface area contributed by atoms with Gasteiger partial charge in [-0.2, -0.15) is 0 Å². The molecule has 0 saturated carbocycles. The third-order valence-corrected chi connectivity index (χ3v) is 9.13. The molecule has 0 spiro atoms. The summed E-state index contributed by atoms with van der Waals surface area (Å²) in [6.45, 7) is 10.7. The van der Waals surface area contributed by atoms with Gasteiger partial charge in [0.05, 0.1) is 18.4 Å². The van der Waals surface area contributed by atoms with Crippen molar-refractivity contribution in [2.45, 2.75) is 117 Å². The fraction of sp³-hybridized carbons (Fsp3) is 0.706. The molecule has 11 atom stereocenters. The molecule has 6 unspecified atom stereocenters. The molecule has 1 fully saturated rings. The SMILES string of the molecule is CCC(C)C(=O)O[C@H]1C[C@@H](C)C=C2C=CC(C)C(CC[C@@H]3CC(O[C@@H]4C=C[C@H](OC(C)=O)C(COC(C)=O)O4)CC(=O)O3)C21. The first-order valence-corrected chi connectivity index (χ1v) is 16.0. The standard InChI is InChI=1S/C34H48O10/c1-7-20(3)34(38)44-29-15-19(2)14-24-9-8-21(4)27(33(24)29)11-10-25-16-26(17-31(37)41-25)42-32-13-12-28(40-23(6)36)30(43-32)18-39-22(5)35/h8-9,12-14,19-21,25-30,32-33H,7,10-11,15-18H2,1-6H3/t19-,20?,21?,25+,26?,27?,28-,29-,30?,32-,33?/m0/s1. The van der Waals surface area contributed by atoms with E-state index in [-0.39, 0.29) is 60.8 Å². The van der Waals surface area contributed by atoms with E-state index in [1.54, 1.807) is 12.2 Å². The highest BCUT2D eigenvalue weighted by Gasteiger charge is 2.42. The zero-order valence-corrected chi connectivity index (χ0v) is 26.8. The smallest absolute Gasteiger partial charge is 0.308 e. The molecule has 10 nitrogen and oxygen atoms in total. The van der Waals surface area contributed by atoms with E-state index in [1.807, 2.05) is 13.8 Å². The summed E-state index contributed by atoms with van der Waals surface area (Å²) in [5.74, 6) is -0.632. The molecule has 0 aromatic rings. The Morgan fingerprint density at radius 2 is 1.80 bits per heavy atom. The minimum atomic E-state index is -0.805. The van der Waals surface area contributed by atoms with E-state index < -0.39 is 36.5 Å². The van der Waals surface area contributed by atoms with E-state index >= 15 is 0 Å². The summed E-state index contributed by atoms with van der Waals surface area (Å²) in [7, 11) is 0. The van der Waals surface area contributed by atoms with E-state index in [0.717, 1.165) is 19.3 Å². The monoisotopic (exact) mass is 616 g/mol. The molecule has 0 N–H and O–H groups in total. The van der Waals surface area contributed by atoms with Crippen LogP contribution in [0.15, 0.2) is 36.0 Å². The van der Waals surface area contributed by atoms with Crippen molar-refractivity contribution in [3.05, 3.63) is 36.0 Å². The predicted molar refractivity (Wildman–Crippen MR) is 160 cm³/mol. The summed E-state index contributed by atoms with van der Waals surface area (Å²) in [5.41, 5.74) is 1.23. The number of esters is 4. The summed E-state index contributed by atoms with van der Waals surface area (Å²) in [4.78, 5) is 48.3. The van der Waals surface area contributed by atoms with Crippen LogP contribution in [0.4, 0.5) is 0 Å². The highest BCUT2D eigenvalue weighted by Crippen LogP contribution is 2.45. The van der Waals surface area contributed by atoms with Gasteiger partial charge in [-0.3, -0.25) is 19.2 Å². The fourth-order valence-electron chi connectivity index (χ4n) is 6.68. The number of fused-ring (bicyclic) bond motifs is 1. The van der Waals surface area contributed by atoms with Crippen LogP contribution in [0.25, 0.3) is 0 Å².